The standard InChI is InChI=1S/C22H23FN2O/c1-3-25(2)15-20(16-7-5-4-6-8-16)21(26)13-17-9-10-18-14-24-12-11-19(18)22(17)23/h4-12,14,20H,3,13,15H2,1-2H3/t20-/m1/s1. The molecule has 0 fully saturated rings. The van der Waals surface area contributed by atoms with Crippen LogP contribution in [0.4, 0.5) is 4.39 Å². The zero-order valence-corrected chi connectivity index (χ0v) is 15.2. The van der Waals surface area contributed by atoms with Crippen LogP contribution < -0.4 is 0 Å². The molecule has 0 saturated heterocycles. The van der Waals surface area contributed by atoms with Crippen molar-refractivity contribution in [3.05, 3.63) is 77.9 Å². The van der Waals surface area contributed by atoms with Crippen LogP contribution in [0.2, 0.25) is 0 Å². The van der Waals surface area contributed by atoms with Crippen LogP contribution in [-0.4, -0.2) is 35.8 Å². The van der Waals surface area contributed by atoms with Gasteiger partial charge in [-0.3, -0.25) is 9.78 Å². The molecule has 0 N–H and O–H groups in total. The van der Waals surface area contributed by atoms with E-state index in [1.54, 1.807) is 24.5 Å². The third kappa shape index (κ3) is 3.97. The highest BCUT2D eigenvalue weighted by Gasteiger charge is 2.23. The molecule has 3 rings (SSSR count). The Hall–Kier alpha value is -2.59. The lowest BCUT2D eigenvalue weighted by Gasteiger charge is -2.22. The molecule has 3 nitrogen and oxygen atoms in total. The number of pyridine rings is 1. The summed E-state index contributed by atoms with van der Waals surface area (Å²) in [5.41, 5.74) is 1.41. The van der Waals surface area contributed by atoms with E-state index in [-0.39, 0.29) is 23.9 Å². The Labute approximate surface area is 153 Å². The second kappa shape index (κ2) is 8.19. The van der Waals surface area contributed by atoms with Gasteiger partial charge in [0.25, 0.3) is 0 Å². The van der Waals surface area contributed by atoms with E-state index in [1.165, 1.54) is 0 Å². The smallest absolute Gasteiger partial charge is 0.146 e. The van der Waals surface area contributed by atoms with Crippen molar-refractivity contribution in [2.24, 2.45) is 0 Å². The molecule has 4 heteroatoms. The Kier molecular flexibility index (Phi) is 5.74. The number of rotatable bonds is 7. The fraction of sp³-hybridized carbons (Fsp3) is 0.273. The number of carbonyl (C=O) groups excluding carboxylic acids is 1. The van der Waals surface area contributed by atoms with Crippen LogP contribution in [0.3, 0.4) is 0 Å². The number of hydrogen-bond donors (Lipinski definition) is 0. The van der Waals surface area contributed by atoms with Crippen molar-refractivity contribution < 1.29 is 9.18 Å². The molecule has 0 aliphatic rings. The number of aromatic nitrogens is 1. The molecule has 0 amide bonds. The van der Waals surface area contributed by atoms with Crippen LogP contribution in [0.25, 0.3) is 10.8 Å². The van der Waals surface area contributed by atoms with E-state index in [0.717, 1.165) is 17.5 Å². The number of fused-ring (bicyclic) bond motifs is 1. The van der Waals surface area contributed by atoms with Crippen LogP contribution in [0.15, 0.2) is 60.9 Å². The largest absolute Gasteiger partial charge is 0.306 e. The van der Waals surface area contributed by atoms with Gasteiger partial charge in [0.05, 0.1) is 5.92 Å². The van der Waals surface area contributed by atoms with E-state index in [4.69, 9.17) is 0 Å². The van der Waals surface area contributed by atoms with E-state index < -0.39 is 0 Å². The first-order valence-electron chi connectivity index (χ1n) is 8.87. The van der Waals surface area contributed by atoms with Gasteiger partial charge in [0.2, 0.25) is 0 Å². The number of Topliss-reactive ketones (excluding diaryl/α,β-unsaturated/α-hetero) is 1. The number of benzene rings is 2. The lowest BCUT2D eigenvalue weighted by Crippen LogP contribution is -2.30. The quantitative estimate of drug-likeness (QED) is 0.640. The van der Waals surface area contributed by atoms with Gasteiger partial charge in [0, 0.05) is 36.1 Å². The first-order chi connectivity index (χ1) is 12.6. The van der Waals surface area contributed by atoms with Crippen LogP contribution >= 0.6 is 0 Å². The monoisotopic (exact) mass is 350 g/mol. The zero-order valence-electron chi connectivity index (χ0n) is 15.2. The lowest BCUT2D eigenvalue weighted by atomic mass is 9.90. The van der Waals surface area contributed by atoms with Gasteiger partial charge in [-0.05, 0) is 30.8 Å². The maximum absolute atomic E-state index is 14.8. The lowest BCUT2D eigenvalue weighted by molar-refractivity contribution is -0.120. The van der Waals surface area contributed by atoms with Crippen molar-refractivity contribution >= 4 is 16.6 Å². The first kappa shape index (κ1) is 18.2. The summed E-state index contributed by atoms with van der Waals surface area (Å²) in [5, 5.41) is 1.25. The number of likely N-dealkylation sites (N-methyl/N-ethyl adjacent to an activating group) is 1. The molecule has 1 atom stereocenters. The van der Waals surface area contributed by atoms with Gasteiger partial charge in [0.1, 0.15) is 11.6 Å². The maximum Gasteiger partial charge on any atom is 0.146 e. The fourth-order valence-electron chi connectivity index (χ4n) is 3.14. The molecule has 0 saturated carbocycles. The summed E-state index contributed by atoms with van der Waals surface area (Å²) < 4.78 is 14.8. The molecular weight excluding hydrogens is 327 g/mol. The van der Waals surface area contributed by atoms with Crippen LogP contribution in [0.1, 0.15) is 24.0 Å². The molecule has 2 aromatic carbocycles. The molecule has 0 unspecified atom stereocenters. The van der Waals surface area contributed by atoms with Gasteiger partial charge < -0.3 is 4.90 Å². The summed E-state index contributed by atoms with van der Waals surface area (Å²) in [4.78, 5) is 19.2. The Morgan fingerprint density at radius 3 is 2.65 bits per heavy atom. The van der Waals surface area contributed by atoms with E-state index >= 15 is 0 Å². The van der Waals surface area contributed by atoms with E-state index in [9.17, 15) is 9.18 Å². The average molecular weight is 350 g/mol. The number of nitrogens with zero attached hydrogens (tertiary/aromatic N) is 2. The summed E-state index contributed by atoms with van der Waals surface area (Å²) in [7, 11) is 1.99. The minimum atomic E-state index is -0.325. The summed E-state index contributed by atoms with van der Waals surface area (Å²) in [5.74, 6) is -0.564. The second-order valence-corrected chi connectivity index (χ2v) is 6.60. The molecule has 0 radical (unpaired) electrons. The van der Waals surface area contributed by atoms with Crippen molar-refractivity contribution in [3.63, 3.8) is 0 Å². The fourth-order valence-corrected chi connectivity index (χ4v) is 3.14. The first-order valence-corrected chi connectivity index (χ1v) is 8.87. The zero-order chi connectivity index (χ0) is 18.5. The minimum absolute atomic E-state index is 0.0313. The number of hydrogen-bond acceptors (Lipinski definition) is 3. The normalized spacial score (nSPS) is 12.5. The summed E-state index contributed by atoms with van der Waals surface area (Å²) in [6, 6.07) is 14.9. The predicted octanol–water partition coefficient (Wildman–Crippen LogP) is 4.22. The summed E-state index contributed by atoms with van der Waals surface area (Å²) in [6.07, 6.45) is 3.29. The molecule has 3 aromatic rings. The van der Waals surface area contributed by atoms with Crippen molar-refractivity contribution in [3.8, 4) is 0 Å². The van der Waals surface area contributed by atoms with Crippen molar-refractivity contribution in [1.29, 1.82) is 0 Å². The Morgan fingerprint density at radius 1 is 1.15 bits per heavy atom. The number of ketones is 1. The minimum Gasteiger partial charge on any atom is -0.306 e. The van der Waals surface area contributed by atoms with Gasteiger partial charge >= 0.3 is 0 Å². The predicted molar refractivity (Wildman–Crippen MR) is 103 cm³/mol. The number of carbonyl (C=O) groups is 1. The van der Waals surface area contributed by atoms with Crippen molar-refractivity contribution in [1.82, 2.24) is 9.88 Å². The molecule has 26 heavy (non-hydrogen) atoms. The SMILES string of the molecule is CCN(C)C[C@@H](C(=O)Cc1ccc2cnccc2c1F)c1ccccc1. The van der Waals surface area contributed by atoms with E-state index in [2.05, 4.69) is 16.8 Å². The number of halogens is 1. The Morgan fingerprint density at radius 2 is 1.92 bits per heavy atom. The third-order valence-corrected chi connectivity index (χ3v) is 4.82. The van der Waals surface area contributed by atoms with E-state index in [0.29, 0.717) is 17.5 Å². The van der Waals surface area contributed by atoms with Gasteiger partial charge in [0.15, 0.2) is 0 Å². The molecular formula is C22H23FN2O. The maximum atomic E-state index is 14.8. The van der Waals surface area contributed by atoms with Crippen LogP contribution in [-0.2, 0) is 11.2 Å². The molecule has 1 heterocycles. The van der Waals surface area contributed by atoms with E-state index in [1.807, 2.05) is 43.4 Å². The van der Waals surface area contributed by atoms with Gasteiger partial charge in [-0.1, -0.05) is 49.4 Å². The summed E-state index contributed by atoms with van der Waals surface area (Å²) >= 11 is 0. The molecule has 134 valence electrons. The highest BCUT2D eigenvalue weighted by molar-refractivity contribution is 5.90. The molecule has 1 aromatic heterocycles. The molecule has 0 spiro atoms. The highest BCUT2D eigenvalue weighted by atomic mass is 19.1. The average Bonchev–Trinajstić information content (AvgIpc) is 2.68. The van der Waals surface area contributed by atoms with Gasteiger partial charge in [-0.2, -0.15) is 0 Å². The van der Waals surface area contributed by atoms with Gasteiger partial charge in [-0.15, -0.1) is 0 Å². The molecule has 0 bridgehead atoms. The topological polar surface area (TPSA) is 33.2 Å². The summed E-state index contributed by atoms with van der Waals surface area (Å²) in [6.45, 7) is 3.54. The molecule has 0 aliphatic heterocycles. The molecule has 0 aliphatic carbocycles. The van der Waals surface area contributed by atoms with Crippen molar-refractivity contribution in [2.45, 2.75) is 19.3 Å². The Bertz CT molecular complexity index is 895. The Balaban J connectivity index is 1.89. The van der Waals surface area contributed by atoms with Crippen LogP contribution in [0, 0.1) is 5.82 Å². The highest BCUT2D eigenvalue weighted by Crippen LogP contribution is 2.24. The third-order valence-electron chi connectivity index (χ3n) is 4.82. The van der Waals surface area contributed by atoms with Crippen molar-refractivity contribution in [2.75, 3.05) is 20.1 Å². The second-order valence-electron chi connectivity index (χ2n) is 6.60. The van der Waals surface area contributed by atoms with Gasteiger partial charge in [-0.25, -0.2) is 4.39 Å². The van der Waals surface area contributed by atoms with Crippen LogP contribution in [0.5, 0.6) is 0 Å².